The predicted molar refractivity (Wildman–Crippen MR) is 83.3 cm³/mol. The maximum Gasteiger partial charge on any atom is 0.124 e. The molecule has 0 radical (unpaired) electrons. The molecule has 0 aromatic heterocycles. The zero-order valence-electron chi connectivity index (χ0n) is 11.9. The summed E-state index contributed by atoms with van der Waals surface area (Å²) in [6.45, 7) is 0.283. The molecule has 0 spiro atoms. The van der Waals surface area contributed by atoms with Crippen molar-refractivity contribution in [3.63, 3.8) is 0 Å². The number of aliphatic hydroxyl groups is 1. The number of methoxy groups -OCH3 is 1. The Balaban J connectivity index is 1.93. The molecule has 0 aliphatic heterocycles. The number of phenols is 1. The maximum absolute atomic E-state index is 9.95. The smallest absolute Gasteiger partial charge is 0.124 e. The van der Waals surface area contributed by atoms with E-state index in [1.54, 1.807) is 31.5 Å². The first-order chi connectivity index (χ1) is 10.2. The normalized spacial score (nSPS) is 12.5. The van der Waals surface area contributed by atoms with Gasteiger partial charge in [0, 0.05) is 18.2 Å². The molecule has 0 heterocycles. The lowest BCUT2D eigenvalue weighted by atomic mass is 10.1. The van der Waals surface area contributed by atoms with E-state index in [-0.39, 0.29) is 12.3 Å². The fraction of sp³-hybridized carbons (Fsp3) is 0.235. The second-order valence-corrected chi connectivity index (χ2v) is 4.76. The summed E-state index contributed by atoms with van der Waals surface area (Å²) in [5.74, 6) is 0.788. The standard InChI is InChI=1S/C17H19NO3/c1-21-16-7-8-17(20)14(10-16)11-18-12-15(19)9-13-5-3-2-4-6-13/h2-8,10-11,15,19-20H,9,12H2,1H3. The Morgan fingerprint density at radius 2 is 1.95 bits per heavy atom. The van der Waals surface area contributed by atoms with Crippen LogP contribution >= 0.6 is 0 Å². The number of rotatable bonds is 6. The summed E-state index contributed by atoms with van der Waals surface area (Å²) in [7, 11) is 1.57. The van der Waals surface area contributed by atoms with Crippen LogP contribution < -0.4 is 4.74 Å². The third-order valence-corrected chi connectivity index (χ3v) is 3.10. The lowest BCUT2D eigenvalue weighted by molar-refractivity contribution is 0.184. The minimum Gasteiger partial charge on any atom is -0.507 e. The van der Waals surface area contributed by atoms with E-state index in [1.807, 2.05) is 30.3 Å². The van der Waals surface area contributed by atoms with E-state index in [4.69, 9.17) is 4.74 Å². The molecule has 1 atom stereocenters. The van der Waals surface area contributed by atoms with Gasteiger partial charge in [-0.05, 0) is 23.8 Å². The van der Waals surface area contributed by atoms with Crippen LogP contribution in [0.1, 0.15) is 11.1 Å². The molecule has 0 aliphatic rings. The molecule has 2 aromatic carbocycles. The average Bonchev–Trinajstić information content (AvgIpc) is 2.50. The van der Waals surface area contributed by atoms with Gasteiger partial charge >= 0.3 is 0 Å². The molecule has 1 unspecified atom stereocenters. The largest absolute Gasteiger partial charge is 0.507 e. The van der Waals surface area contributed by atoms with Crippen LogP contribution in [0.5, 0.6) is 11.5 Å². The van der Waals surface area contributed by atoms with Gasteiger partial charge in [0.1, 0.15) is 11.5 Å². The summed E-state index contributed by atoms with van der Waals surface area (Å²) >= 11 is 0. The molecule has 0 fully saturated rings. The van der Waals surface area contributed by atoms with Crippen LogP contribution in [0.4, 0.5) is 0 Å². The van der Waals surface area contributed by atoms with E-state index < -0.39 is 6.10 Å². The Morgan fingerprint density at radius 3 is 2.67 bits per heavy atom. The van der Waals surface area contributed by atoms with Gasteiger partial charge in [-0.3, -0.25) is 4.99 Å². The first kappa shape index (κ1) is 15.1. The van der Waals surface area contributed by atoms with Gasteiger partial charge < -0.3 is 14.9 Å². The molecular weight excluding hydrogens is 266 g/mol. The van der Waals surface area contributed by atoms with Crippen LogP contribution in [-0.4, -0.2) is 36.2 Å². The zero-order chi connectivity index (χ0) is 15.1. The van der Waals surface area contributed by atoms with Gasteiger partial charge in [-0.2, -0.15) is 0 Å². The fourth-order valence-corrected chi connectivity index (χ4v) is 1.99. The van der Waals surface area contributed by atoms with Crippen LogP contribution in [-0.2, 0) is 6.42 Å². The van der Waals surface area contributed by atoms with Crippen molar-refractivity contribution < 1.29 is 14.9 Å². The summed E-state index contributed by atoms with van der Waals surface area (Å²) in [5.41, 5.74) is 1.64. The summed E-state index contributed by atoms with van der Waals surface area (Å²) in [6.07, 6.45) is 1.56. The second kappa shape index (κ2) is 7.45. The van der Waals surface area contributed by atoms with E-state index in [1.165, 1.54) is 0 Å². The van der Waals surface area contributed by atoms with E-state index in [2.05, 4.69) is 4.99 Å². The van der Waals surface area contributed by atoms with Crippen molar-refractivity contribution in [2.45, 2.75) is 12.5 Å². The molecule has 0 amide bonds. The first-order valence-corrected chi connectivity index (χ1v) is 6.78. The van der Waals surface area contributed by atoms with E-state index >= 15 is 0 Å². The second-order valence-electron chi connectivity index (χ2n) is 4.76. The highest BCUT2D eigenvalue weighted by Gasteiger charge is 2.04. The van der Waals surface area contributed by atoms with E-state index in [9.17, 15) is 10.2 Å². The molecule has 4 heteroatoms. The summed E-state index contributed by atoms with van der Waals surface area (Å²) in [6, 6.07) is 14.7. The summed E-state index contributed by atoms with van der Waals surface area (Å²) in [5, 5.41) is 19.7. The Labute approximate surface area is 124 Å². The number of ether oxygens (including phenoxy) is 1. The highest BCUT2D eigenvalue weighted by Crippen LogP contribution is 2.21. The Kier molecular flexibility index (Phi) is 5.35. The van der Waals surface area contributed by atoms with Gasteiger partial charge in [0.05, 0.1) is 19.8 Å². The summed E-state index contributed by atoms with van der Waals surface area (Å²) < 4.78 is 5.09. The molecule has 0 saturated carbocycles. The molecule has 4 nitrogen and oxygen atoms in total. The lowest BCUT2D eigenvalue weighted by Crippen LogP contribution is -2.14. The molecule has 2 aromatic rings. The van der Waals surface area contributed by atoms with E-state index in [0.29, 0.717) is 17.7 Å². The number of phenolic OH excluding ortho intramolecular Hbond substituents is 1. The molecule has 2 N–H and O–H groups in total. The topological polar surface area (TPSA) is 62.0 Å². The molecule has 0 bridgehead atoms. The van der Waals surface area contributed by atoms with Crippen molar-refractivity contribution in [1.29, 1.82) is 0 Å². The number of aliphatic imine (C=N–C) groups is 1. The fourth-order valence-electron chi connectivity index (χ4n) is 1.99. The quantitative estimate of drug-likeness (QED) is 0.801. The first-order valence-electron chi connectivity index (χ1n) is 6.78. The van der Waals surface area contributed by atoms with Gasteiger partial charge in [-0.1, -0.05) is 30.3 Å². The lowest BCUT2D eigenvalue weighted by Gasteiger charge is -2.07. The van der Waals surface area contributed by atoms with Crippen molar-refractivity contribution in [3.05, 3.63) is 59.7 Å². The Morgan fingerprint density at radius 1 is 1.19 bits per heavy atom. The van der Waals surface area contributed by atoms with Crippen molar-refractivity contribution in [3.8, 4) is 11.5 Å². The highest BCUT2D eigenvalue weighted by atomic mass is 16.5. The highest BCUT2D eigenvalue weighted by molar-refractivity contribution is 5.84. The SMILES string of the molecule is COc1ccc(O)c(C=NCC(O)Cc2ccccc2)c1. The number of hydrogen-bond acceptors (Lipinski definition) is 4. The molecule has 0 aliphatic carbocycles. The van der Waals surface area contributed by atoms with Crippen molar-refractivity contribution >= 4 is 6.21 Å². The number of aliphatic hydroxyl groups excluding tert-OH is 1. The molecular formula is C17H19NO3. The third kappa shape index (κ3) is 4.61. The third-order valence-electron chi connectivity index (χ3n) is 3.10. The average molecular weight is 285 g/mol. The molecule has 0 saturated heterocycles. The van der Waals surface area contributed by atoms with Crippen LogP contribution in [0.3, 0.4) is 0 Å². The van der Waals surface area contributed by atoms with Gasteiger partial charge in [-0.25, -0.2) is 0 Å². The Hall–Kier alpha value is -2.33. The number of aromatic hydroxyl groups is 1. The predicted octanol–water partition coefficient (Wildman–Crippen LogP) is 2.42. The van der Waals surface area contributed by atoms with Crippen LogP contribution in [0, 0.1) is 0 Å². The van der Waals surface area contributed by atoms with Crippen LogP contribution in [0.25, 0.3) is 0 Å². The molecule has 21 heavy (non-hydrogen) atoms. The summed E-state index contributed by atoms with van der Waals surface area (Å²) in [4.78, 5) is 4.18. The molecule has 2 rings (SSSR count). The van der Waals surface area contributed by atoms with Crippen molar-refractivity contribution in [2.24, 2.45) is 4.99 Å². The Bertz CT molecular complexity index is 596. The van der Waals surface area contributed by atoms with Gasteiger partial charge in [0.15, 0.2) is 0 Å². The maximum atomic E-state index is 9.95. The van der Waals surface area contributed by atoms with Crippen molar-refractivity contribution in [1.82, 2.24) is 0 Å². The van der Waals surface area contributed by atoms with Gasteiger partial charge in [0.2, 0.25) is 0 Å². The van der Waals surface area contributed by atoms with Crippen LogP contribution in [0.15, 0.2) is 53.5 Å². The zero-order valence-corrected chi connectivity index (χ0v) is 11.9. The monoisotopic (exact) mass is 285 g/mol. The van der Waals surface area contributed by atoms with E-state index in [0.717, 1.165) is 5.56 Å². The van der Waals surface area contributed by atoms with Gasteiger partial charge in [0.25, 0.3) is 0 Å². The number of nitrogens with zero attached hydrogens (tertiary/aromatic N) is 1. The minimum absolute atomic E-state index is 0.136. The minimum atomic E-state index is -0.545. The van der Waals surface area contributed by atoms with Crippen LogP contribution in [0.2, 0.25) is 0 Å². The van der Waals surface area contributed by atoms with Gasteiger partial charge in [-0.15, -0.1) is 0 Å². The van der Waals surface area contributed by atoms with Crippen molar-refractivity contribution in [2.75, 3.05) is 13.7 Å². The molecule has 110 valence electrons. The number of hydrogen-bond donors (Lipinski definition) is 2. The number of benzene rings is 2.